The van der Waals surface area contributed by atoms with E-state index in [9.17, 15) is 0 Å². The van der Waals surface area contributed by atoms with Gasteiger partial charge in [0.1, 0.15) is 0 Å². The molecule has 2 aromatic rings. The third-order valence-electron chi connectivity index (χ3n) is 2.80. The van der Waals surface area contributed by atoms with Gasteiger partial charge in [0, 0.05) is 9.50 Å². The molecule has 0 saturated heterocycles. The molecule has 0 aliphatic heterocycles. The second-order valence-corrected chi connectivity index (χ2v) is 5.27. The van der Waals surface area contributed by atoms with E-state index in [4.69, 9.17) is 17.3 Å². The molecule has 0 saturated carbocycles. The number of halogens is 2. The molecule has 0 fully saturated rings. The van der Waals surface area contributed by atoms with Gasteiger partial charge in [-0.3, -0.25) is 0 Å². The summed E-state index contributed by atoms with van der Waals surface area (Å²) in [5.41, 5.74) is 9.40. The molecule has 0 aliphatic carbocycles. The van der Waals surface area contributed by atoms with Crippen molar-refractivity contribution < 1.29 is 0 Å². The topological polar surface area (TPSA) is 26.0 Å². The Morgan fingerprint density at radius 3 is 2.53 bits per heavy atom. The summed E-state index contributed by atoms with van der Waals surface area (Å²) in [5, 5.41) is 0.755. The third kappa shape index (κ3) is 2.71. The average molecular weight is 311 g/mol. The smallest absolute Gasteiger partial charge is 0.0563 e. The Kier molecular flexibility index (Phi) is 3.87. The Hall–Kier alpha value is -0.830. The first-order valence-corrected chi connectivity index (χ1v) is 6.52. The summed E-state index contributed by atoms with van der Waals surface area (Å²) in [6.45, 7) is 1.98. The molecule has 2 aromatic carbocycles. The Morgan fingerprint density at radius 2 is 1.88 bits per heavy atom. The Labute approximate surface area is 115 Å². The molecule has 0 amide bonds. The van der Waals surface area contributed by atoms with Gasteiger partial charge < -0.3 is 5.73 Å². The minimum absolute atomic E-state index is 0.163. The lowest BCUT2D eigenvalue weighted by Crippen LogP contribution is -2.12. The number of hydrogen-bond donors (Lipinski definition) is 1. The van der Waals surface area contributed by atoms with E-state index in [1.165, 1.54) is 0 Å². The fourth-order valence-electron chi connectivity index (χ4n) is 1.71. The lowest BCUT2D eigenvalue weighted by atomic mass is 9.99. The van der Waals surface area contributed by atoms with Crippen molar-refractivity contribution in [3.8, 4) is 0 Å². The molecule has 0 heterocycles. The van der Waals surface area contributed by atoms with Crippen molar-refractivity contribution >= 4 is 27.5 Å². The summed E-state index contributed by atoms with van der Waals surface area (Å²) in [7, 11) is 0. The molecule has 0 aromatic heterocycles. The predicted molar refractivity (Wildman–Crippen MR) is 76.4 cm³/mol. The van der Waals surface area contributed by atoms with Gasteiger partial charge in [0.05, 0.1) is 6.04 Å². The summed E-state index contributed by atoms with van der Waals surface area (Å²) in [4.78, 5) is 0. The second-order valence-electron chi connectivity index (χ2n) is 4.01. The van der Waals surface area contributed by atoms with Crippen molar-refractivity contribution in [2.75, 3.05) is 0 Å². The van der Waals surface area contributed by atoms with Crippen LogP contribution in [0.4, 0.5) is 0 Å². The Balaban J connectivity index is 2.40. The Morgan fingerprint density at radius 1 is 1.18 bits per heavy atom. The highest BCUT2D eigenvalue weighted by atomic mass is 79.9. The van der Waals surface area contributed by atoms with Crippen LogP contribution in [-0.2, 0) is 0 Å². The van der Waals surface area contributed by atoms with Crippen LogP contribution in [0.1, 0.15) is 22.7 Å². The first kappa shape index (κ1) is 12.6. The van der Waals surface area contributed by atoms with E-state index in [-0.39, 0.29) is 6.04 Å². The monoisotopic (exact) mass is 309 g/mol. The molecule has 0 bridgehead atoms. The van der Waals surface area contributed by atoms with Crippen LogP contribution in [0.3, 0.4) is 0 Å². The van der Waals surface area contributed by atoms with E-state index in [0.29, 0.717) is 0 Å². The normalized spacial score (nSPS) is 12.5. The van der Waals surface area contributed by atoms with Crippen LogP contribution in [-0.4, -0.2) is 0 Å². The second kappa shape index (κ2) is 5.21. The predicted octanol–water partition coefficient (Wildman–Crippen LogP) is 4.46. The van der Waals surface area contributed by atoms with Crippen LogP contribution in [0, 0.1) is 6.92 Å². The van der Waals surface area contributed by atoms with Crippen LogP contribution < -0.4 is 5.73 Å². The highest BCUT2D eigenvalue weighted by Crippen LogP contribution is 2.28. The maximum Gasteiger partial charge on any atom is 0.0563 e. The van der Waals surface area contributed by atoms with Crippen LogP contribution in [0.25, 0.3) is 0 Å². The lowest BCUT2D eigenvalue weighted by molar-refractivity contribution is 0.865. The van der Waals surface area contributed by atoms with E-state index in [1.807, 2.05) is 49.4 Å². The summed E-state index contributed by atoms with van der Waals surface area (Å²) >= 11 is 9.63. The number of nitrogens with two attached hydrogens (primary N) is 1. The number of benzene rings is 2. The standard InChI is InChI=1S/C14H13BrClN/c1-9-6-7-10(8-13(9)16)14(17)11-4-2-3-5-12(11)15/h2-8,14H,17H2,1H3. The van der Waals surface area contributed by atoms with E-state index >= 15 is 0 Å². The molecule has 17 heavy (non-hydrogen) atoms. The molecule has 2 rings (SSSR count). The fourth-order valence-corrected chi connectivity index (χ4v) is 2.43. The number of rotatable bonds is 2. The summed E-state index contributed by atoms with van der Waals surface area (Å²) in [5.74, 6) is 0. The number of aryl methyl sites for hydroxylation is 1. The van der Waals surface area contributed by atoms with Gasteiger partial charge in [-0.05, 0) is 35.7 Å². The van der Waals surface area contributed by atoms with Crippen molar-refractivity contribution in [1.82, 2.24) is 0 Å². The van der Waals surface area contributed by atoms with Crippen molar-refractivity contribution in [3.05, 3.63) is 68.7 Å². The molecule has 1 nitrogen and oxygen atoms in total. The lowest BCUT2D eigenvalue weighted by Gasteiger charge is -2.15. The zero-order chi connectivity index (χ0) is 12.4. The number of hydrogen-bond acceptors (Lipinski definition) is 1. The van der Waals surface area contributed by atoms with E-state index in [1.54, 1.807) is 0 Å². The average Bonchev–Trinajstić information content (AvgIpc) is 2.32. The molecular weight excluding hydrogens is 298 g/mol. The van der Waals surface area contributed by atoms with Crippen LogP contribution in [0.2, 0.25) is 5.02 Å². The van der Waals surface area contributed by atoms with Gasteiger partial charge in [-0.1, -0.05) is 57.9 Å². The van der Waals surface area contributed by atoms with Crippen molar-refractivity contribution in [2.24, 2.45) is 5.73 Å². The molecular formula is C14H13BrClN. The molecule has 2 N–H and O–H groups in total. The fraction of sp³-hybridized carbons (Fsp3) is 0.143. The minimum atomic E-state index is -0.163. The molecule has 88 valence electrons. The molecule has 3 heteroatoms. The van der Waals surface area contributed by atoms with Crippen LogP contribution in [0.5, 0.6) is 0 Å². The highest BCUT2D eigenvalue weighted by molar-refractivity contribution is 9.10. The summed E-state index contributed by atoms with van der Waals surface area (Å²) < 4.78 is 1.02. The van der Waals surface area contributed by atoms with Crippen molar-refractivity contribution in [1.29, 1.82) is 0 Å². The quantitative estimate of drug-likeness (QED) is 0.871. The van der Waals surface area contributed by atoms with Crippen molar-refractivity contribution in [2.45, 2.75) is 13.0 Å². The van der Waals surface area contributed by atoms with E-state index in [2.05, 4.69) is 15.9 Å². The van der Waals surface area contributed by atoms with Gasteiger partial charge in [-0.15, -0.1) is 0 Å². The minimum Gasteiger partial charge on any atom is -0.320 e. The molecule has 0 spiro atoms. The van der Waals surface area contributed by atoms with Crippen molar-refractivity contribution in [3.63, 3.8) is 0 Å². The Bertz CT molecular complexity index is 539. The zero-order valence-corrected chi connectivity index (χ0v) is 11.8. The van der Waals surface area contributed by atoms with Gasteiger partial charge >= 0.3 is 0 Å². The van der Waals surface area contributed by atoms with Crippen LogP contribution >= 0.6 is 27.5 Å². The summed E-state index contributed by atoms with van der Waals surface area (Å²) in [6.07, 6.45) is 0. The van der Waals surface area contributed by atoms with Crippen LogP contribution in [0.15, 0.2) is 46.9 Å². The largest absolute Gasteiger partial charge is 0.320 e. The zero-order valence-electron chi connectivity index (χ0n) is 9.45. The van der Waals surface area contributed by atoms with Gasteiger partial charge in [-0.25, -0.2) is 0 Å². The third-order valence-corrected chi connectivity index (χ3v) is 3.92. The molecule has 1 atom stereocenters. The van der Waals surface area contributed by atoms with Gasteiger partial charge in [0.15, 0.2) is 0 Å². The van der Waals surface area contributed by atoms with E-state index in [0.717, 1.165) is 26.2 Å². The van der Waals surface area contributed by atoms with E-state index < -0.39 is 0 Å². The first-order chi connectivity index (χ1) is 8.09. The van der Waals surface area contributed by atoms with Gasteiger partial charge in [-0.2, -0.15) is 0 Å². The molecule has 1 unspecified atom stereocenters. The highest BCUT2D eigenvalue weighted by Gasteiger charge is 2.12. The molecule has 0 radical (unpaired) electrons. The maximum atomic E-state index is 6.25. The SMILES string of the molecule is Cc1ccc(C(N)c2ccccc2Br)cc1Cl. The first-order valence-electron chi connectivity index (χ1n) is 5.35. The van der Waals surface area contributed by atoms with Gasteiger partial charge in [0.2, 0.25) is 0 Å². The summed E-state index contributed by atoms with van der Waals surface area (Å²) in [6, 6.07) is 13.7. The molecule has 0 aliphatic rings. The maximum absolute atomic E-state index is 6.25. The van der Waals surface area contributed by atoms with Gasteiger partial charge in [0.25, 0.3) is 0 Å².